The fourth-order valence-electron chi connectivity index (χ4n) is 3.91. The summed E-state index contributed by atoms with van der Waals surface area (Å²) in [5.41, 5.74) is 5.64. The SMILES string of the molecule is CC(CN)N(C)C(=O)C1CCC(NC(=O)CC2CCCC2)CC1.Cl. The van der Waals surface area contributed by atoms with Crippen molar-refractivity contribution in [2.45, 2.75) is 76.8 Å². The highest BCUT2D eigenvalue weighted by molar-refractivity contribution is 5.85. The highest BCUT2D eigenvalue weighted by atomic mass is 35.5. The molecule has 2 fully saturated rings. The molecule has 6 heteroatoms. The van der Waals surface area contributed by atoms with Crippen molar-refractivity contribution in [1.29, 1.82) is 0 Å². The number of nitrogens with zero attached hydrogens (tertiary/aromatic N) is 1. The average Bonchev–Trinajstić information content (AvgIpc) is 3.06. The van der Waals surface area contributed by atoms with E-state index in [4.69, 9.17) is 5.73 Å². The fraction of sp³-hybridized carbons (Fsp3) is 0.889. The Bertz CT molecular complexity index is 405. The van der Waals surface area contributed by atoms with Gasteiger partial charge in [-0.2, -0.15) is 0 Å². The Balaban J connectivity index is 0.00000288. The van der Waals surface area contributed by atoms with Crippen LogP contribution in [0, 0.1) is 11.8 Å². The van der Waals surface area contributed by atoms with Crippen molar-refractivity contribution < 1.29 is 9.59 Å². The lowest BCUT2D eigenvalue weighted by molar-refractivity contribution is -0.137. The zero-order valence-electron chi connectivity index (χ0n) is 15.1. The van der Waals surface area contributed by atoms with Crippen molar-refractivity contribution >= 4 is 24.2 Å². The molecule has 2 saturated carbocycles. The number of amides is 2. The van der Waals surface area contributed by atoms with E-state index >= 15 is 0 Å². The lowest BCUT2D eigenvalue weighted by Crippen LogP contribution is -2.45. The van der Waals surface area contributed by atoms with Gasteiger partial charge in [0, 0.05) is 38.0 Å². The standard InChI is InChI=1S/C18H33N3O2.ClH/c1-13(12-19)21(2)18(23)15-7-9-16(10-8-15)20-17(22)11-14-5-3-4-6-14;/h13-16H,3-12,19H2,1-2H3,(H,20,22);1H. The van der Waals surface area contributed by atoms with Crippen LogP contribution in [0.15, 0.2) is 0 Å². The molecule has 0 saturated heterocycles. The van der Waals surface area contributed by atoms with E-state index in [-0.39, 0.29) is 42.2 Å². The molecule has 24 heavy (non-hydrogen) atoms. The first-order chi connectivity index (χ1) is 11.0. The van der Waals surface area contributed by atoms with Gasteiger partial charge in [0.25, 0.3) is 0 Å². The summed E-state index contributed by atoms with van der Waals surface area (Å²) in [6, 6.07) is 0.344. The average molecular weight is 360 g/mol. The van der Waals surface area contributed by atoms with E-state index in [0.717, 1.165) is 25.7 Å². The maximum Gasteiger partial charge on any atom is 0.225 e. The van der Waals surface area contributed by atoms with Gasteiger partial charge in [-0.1, -0.05) is 12.8 Å². The Morgan fingerprint density at radius 3 is 2.25 bits per heavy atom. The summed E-state index contributed by atoms with van der Waals surface area (Å²) in [6.45, 7) is 2.47. The second-order valence-corrected chi connectivity index (χ2v) is 7.50. The van der Waals surface area contributed by atoms with Crippen LogP contribution in [0.1, 0.15) is 64.7 Å². The minimum Gasteiger partial charge on any atom is -0.353 e. The van der Waals surface area contributed by atoms with Crippen LogP contribution in [0.5, 0.6) is 0 Å². The van der Waals surface area contributed by atoms with Crippen LogP contribution in [0.25, 0.3) is 0 Å². The van der Waals surface area contributed by atoms with Crippen molar-refractivity contribution in [2.24, 2.45) is 17.6 Å². The number of carbonyl (C=O) groups is 2. The maximum absolute atomic E-state index is 12.4. The topological polar surface area (TPSA) is 75.4 Å². The molecule has 2 aliphatic rings. The van der Waals surface area contributed by atoms with Crippen LogP contribution in [-0.2, 0) is 9.59 Å². The molecule has 2 rings (SSSR count). The Morgan fingerprint density at radius 1 is 1.12 bits per heavy atom. The Kier molecular flexibility index (Phi) is 9.06. The third-order valence-corrected chi connectivity index (χ3v) is 5.74. The number of nitrogens with two attached hydrogens (primary N) is 1. The van der Waals surface area contributed by atoms with Gasteiger partial charge in [-0.25, -0.2) is 0 Å². The first-order valence-corrected chi connectivity index (χ1v) is 9.27. The van der Waals surface area contributed by atoms with E-state index in [2.05, 4.69) is 5.32 Å². The van der Waals surface area contributed by atoms with Crippen molar-refractivity contribution in [2.75, 3.05) is 13.6 Å². The highest BCUT2D eigenvalue weighted by Gasteiger charge is 2.30. The summed E-state index contributed by atoms with van der Waals surface area (Å²) in [7, 11) is 1.84. The third kappa shape index (κ3) is 5.92. The molecule has 0 spiro atoms. The molecule has 1 unspecified atom stereocenters. The number of likely N-dealkylation sites (N-methyl/N-ethyl adjacent to an activating group) is 1. The second kappa shape index (κ2) is 10.2. The molecule has 0 aromatic carbocycles. The predicted octanol–water partition coefficient (Wildman–Crippen LogP) is 2.47. The van der Waals surface area contributed by atoms with Gasteiger partial charge in [-0.05, 0) is 51.4 Å². The van der Waals surface area contributed by atoms with E-state index in [1.165, 1.54) is 25.7 Å². The number of hydrogen-bond donors (Lipinski definition) is 2. The van der Waals surface area contributed by atoms with Crippen molar-refractivity contribution in [1.82, 2.24) is 10.2 Å². The van der Waals surface area contributed by atoms with Crippen LogP contribution in [0.2, 0.25) is 0 Å². The van der Waals surface area contributed by atoms with E-state index in [1.54, 1.807) is 4.90 Å². The van der Waals surface area contributed by atoms with Gasteiger partial charge in [0.2, 0.25) is 11.8 Å². The van der Waals surface area contributed by atoms with E-state index in [1.807, 2.05) is 14.0 Å². The zero-order chi connectivity index (χ0) is 16.8. The Morgan fingerprint density at radius 2 is 1.71 bits per heavy atom. The van der Waals surface area contributed by atoms with E-state index < -0.39 is 0 Å². The van der Waals surface area contributed by atoms with Gasteiger partial charge in [-0.15, -0.1) is 12.4 Å². The minimum absolute atomic E-state index is 0. The minimum atomic E-state index is 0. The summed E-state index contributed by atoms with van der Waals surface area (Å²) in [5, 5.41) is 3.18. The van der Waals surface area contributed by atoms with Gasteiger partial charge in [0.15, 0.2) is 0 Å². The predicted molar refractivity (Wildman–Crippen MR) is 99.0 cm³/mol. The first-order valence-electron chi connectivity index (χ1n) is 9.27. The van der Waals surface area contributed by atoms with Crippen molar-refractivity contribution in [3.63, 3.8) is 0 Å². The normalized spacial score (nSPS) is 25.6. The van der Waals surface area contributed by atoms with Gasteiger partial charge < -0.3 is 16.0 Å². The molecule has 0 aromatic heterocycles. The van der Waals surface area contributed by atoms with Gasteiger partial charge in [-0.3, -0.25) is 9.59 Å². The molecule has 5 nitrogen and oxygen atoms in total. The lowest BCUT2D eigenvalue weighted by Gasteiger charge is -2.33. The summed E-state index contributed by atoms with van der Waals surface area (Å²) in [5.74, 6) is 1.11. The number of hydrogen-bond acceptors (Lipinski definition) is 3. The molecule has 3 N–H and O–H groups in total. The van der Waals surface area contributed by atoms with Crippen LogP contribution in [0.3, 0.4) is 0 Å². The Hall–Kier alpha value is -0.810. The summed E-state index contributed by atoms with van der Waals surface area (Å²) in [6.07, 6.45) is 9.23. The molecule has 0 aromatic rings. The van der Waals surface area contributed by atoms with Crippen LogP contribution in [0.4, 0.5) is 0 Å². The quantitative estimate of drug-likeness (QED) is 0.764. The molecule has 2 aliphatic carbocycles. The molecular weight excluding hydrogens is 326 g/mol. The number of nitrogens with one attached hydrogen (secondary N) is 1. The Labute approximate surface area is 152 Å². The van der Waals surface area contributed by atoms with Gasteiger partial charge >= 0.3 is 0 Å². The maximum atomic E-state index is 12.4. The number of rotatable bonds is 6. The smallest absolute Gasteiger partial charge is 0.225 e. The highest BCUT2D eigenvalue weighted by Crippen LogP contribution is 2.29. The van der Waals surface area contributed by atoms with E-state index in [9.17, 15) is 9.59 Å². The molecule has 1 atom stereocenters. The number of halogens is 1. The van der Waals surface area contributed by atoms with Crippen LogP contribution < -0.4 is 11.1 Å². The largest absolute Gasteiger partial charge is 0.353 e. The second-order valence-electron chi connectivity index (χ2n) is 7.50. The summed E-state index contributed by atoms with van der Waals surface area (Å²) >= 11 is 0. The van der Waals surface area contributed by atoms with Crippen LogP contribution in [-0.4, -0.2) is 42.4 Å². The third-order valence-electron chi connectivity index (χ3n) is 5.74. The van der Waals surface area contributed by atoms with E-state index in [0.29, 0.717) is 18.9 Å². The number of carbonyl (C=O) groups excluding carboxylic acids is 2. The molecule has 0 bridgehead atoms. The molecule has 0 radical (unpaired) electrons. The summed E-state index contributed by atoms with van der Waals surface area (Å²) in [4.78, 5) is 26.3. The fourth-order valence-corrected chi connectivity index (χ4v) is 3.91. The van der Waals surface area contributed by atoms with Crippen molar-refractivity contribution in [3.8, 4) is 0 Å². The summed E-state index contributed by atoms with van der Waals surface area (Å²) < 4.78 is 0. The lowest BCUT2D eigenvalue weighted by atomic mass is 9.85. The zero-order valence-corrected chi connectivity index (χ0v) is 15.9. The molecule has 2 amide bonds. The molecular formula is C18H34ClN3O2. The van der Waals surface area contributed by atoms with Gasteiger partial charge in [0.1, 0.15) is 0 Å². The molecule has 0 aliphatic heterocycles. The first kappa shape index (κ1) is 21.2. The van der Waals surface area contributed by atoms with Crippen molar-refractivity contribution in [3.05, 3.63) is 0 Å². The monoisotopic (exact) mass is 359 g/mol. The van der Waals surface area contributed by atoms with Gasteiger partial charge in [0.05, 0.1) is 0 Å². The van der Waals surface area contributed by atoms with Crippen LogP contribution >= 0.6 is 12.4 Å². The molecule has 140 valence electrons. The molecule has 0 heterocycles.